The number of hydrogen-bond acceptors (Lipinski definition) is 2. The Kier molecular flexibility index (Phi) is 5.63. The van der Waals surface area contributed by atoms with Crippen LogP contribution in [0.15, 0.2) is 48.5 Å². The maximum Gasteiger partial charge on any atom is 0.251 e. The van der Waals surface area contributed by atoms with Crippen LogP contribution >= 0.6 is 0 Å². The summed E-state index contributed by atoms with van der Waals surface area (Å²) in [5, 5.41) is 5.24. The first-order valence-corrected chi connectivity index (χ1v) is 7.49. The highest BCUT2D eigenvalue weighted by Crippen LogP contribution is 2.16. The molecule has 0 aliphatic carbocycles. The Balaban J connectivity index is 1.95. The maximum atomic E-state index is 13.3. The third kappa shape index (κ3) is 4.38. The van der Waals surface area contributed by atoms with Gasteiger partial charge in [-0.3, -0.25) is 9.59 Å². The van der Waals surface area contributed by atoms with E-state index >= 15 is 0 Å². The van der Waals surface area contributed by atoms with Crippen LogP contribution in [0.3, 0.4) is 0 Å². The van der Waals surface area contributed by atoms with Crippen LogP contribution in [-0.2, 0) is 4.79 Å². The molecule has 2 amide bonds. The molecular formula is C18H18F2N2O2. The highest BCUT2D eigenvalue weighted by Gasteiger charge is 2.19. The summed E-state index contributed by atoms with van der Waals surface area (Å²) in [5.41, 5.74) is 0.884. The van der Waals surface area contributed by atoms with Crippen LogP contribution in [-0.4, -0.2) is 17.9 Å². The summed E-state index contributed by atoms with van der Waals surface area (Å²) in [6.07, 6.45) is 0. The normalized spacial score (nSPS) is 13.0. The van der Waals surface area contributed by atoms with E-state index in [1.165, 1.54) is 6.07 Å². The Morgan fingerprint density at radius 3 is 2.21 bits per heavy atom. The van der Waals surface area contributed by atoms with Crippen molar-refractivity contribution in [2.75, 3.05) is 0 Å². The van der Waals surface area contributed by atoms with Crippen molar-refractivity contribution in [2.45, 2.75) is 25.9 Å². The van der Waals surface area contributed by atoms with Crippen LogP contribution < -0.4 is 10.6 Å². The second-order valence-corrected chi connectivity index (χ2v) is 5.46. The minimum atomic E-state index is -0.973. The van der Waals surface area contributed by atoms with Crippen molar-refractivity contribution in [1.82, 2.24) is 10.6 Å². The topological polar surface area (TPSA) is 58.2 Å². The van der Waals surface area contributed by atoms with Crippen molar-refractivity contribution in [1.29, 1.82) is 0 Å². The summed E-state index contributed by atoms with van der Waals surface area (Å²) in [7, 11) is 0. The van der Waals surface area contributed by atoms with E-state index in [9.17, 15) is 18.4 Å². The van der Waals surface area contributed by atoms with E-state index in [1.54, 1.807) is 44.2 Å². The molecular weight excluding hydrogens is 314 g/mol. The van der Waals surface area contributed by atoms with Crippen molar-refractivity contribution < 1.29 is 18.4 Å². The second kappa shape index (κ2) is 7.68. The lowest BCUT2D eigenvalue weighted by molar-refractivity contribution is -0.123. The molecule has 0 aromatic heterocycles. The van der Waals surface area contributed by atoms with Crippen molar-refractivity contribution in [2.24, 2.45) is 0 Å². The molecule has 0 heterocycles. The first-order valence-electron chi connectivity index (χ1n) is 7.49. The van der Waals surface area contributed by atoms with Gasteiger partial charge in [-0.1, -0.05) is 24.3 Å². The predicted molar refractivity (Wildman–Crippen MR) is 86.3 cm³/mol. The third-order valence-electron chi connectivity index (χ3n) is 3.58. The Hall–Kier alpha value is -2.76. The molecule has 2 rings (SSSR count). The van der Waals surface area contributed by atoms with Gasteiger partial charge in [-0.25, -0.2) is 8.78 Å². The van der Waals surface area contributed by atoms with E-state index in [0.717, 1.165) is 12.1 Å². The highest BCUT2D eigenvalue weighted by atomic mass is 19.2. The average Bonchev–Trinajstić information content (AvgIpc) is 2.57. The van der Waals surface area contributed by atoms with Crippen molar-refractivity contribution in [3.05, 3.63) is 71.3 Å². The van der Waals surface area contributed by atoms with Crippen LogP contribution in [0, 0.1) is 11.6 Å². The molecule has 0 radical (unpaired) electrons. The summed E-state index contributed by atoms with van der Waals surface area (Å²) in [5.74, 6) is -2.70. The number of carbonyl (C=O) groups excluding carboxylic acids is 2. The van der Waals surface area contributed by atoms with Crippen LogP contribution in [0.1, 0.15) is 35.8 Å². The SMILES string of the molecule is C[C@H](NC(=O)c1ccccc1)C(=O)N[C@H](C)c1ccc(F)c(F)c1. The monoisotopic (exact) mass is 332 g/mol. The van der Waals surface area contributed by atoms with Gasteiger partial charge < -0.3 is 10.6 Å². The van der Waals surface area contributed by atoms with Gasteiger partial charge in [-0.15, -0.1) is 0 Å². The van der Waals surface area contributed by atoms with Gasteiger partial charge in [-0.05, 0) is 43.7 Å². The zero-order chi connectivity index (χ0) is 17.7. The minimum absolute atomic E-state index is 0.362. The van der Waals surface area contributed by atoms with Crippen molar-refractivity contribution in [3.8, 4) is 0 Å². The molecule has 0 aliphatic rings. The molecule has 126 valence electrons. The Bertz CT molecular complexity index is 735. The first-order chi connectivity index (χ1) is 11.4. The van der Waals surface area contributed by atoms with Crippen LogP contribution in [0.5, 0.6) is 0 Å². The van der Waals surface area contributed by atoms with E-state index in [0.29, 0.717) is 11.1 Å². The molecule has 0 unspecified atom stereocenters. The predicted octanol–water partition coefficient (Wildman–Crippen LogP) is 2.96. The summed E-state index contributed by atoms with van der Waals surface area (Å²) in [6, 6.07) is 10.7. The molecule has 0 bridgehead atoms. The first kappa shape index (κ1) is 17.6. The molecule has 2 N–H and O–H groups in total. The van der Waals surface area contributed by atoms with Gasteiger partial charge in [0.2, 0.25) is 5.91 Å². The molecule has 4 nitrogen and oxygen atoms in total. The van der Waals surface area contributed by atoms with Gasteiger partial charge in [-0.2, -0.15) is 0 Å². The van der Waals surface area contributed by atoms with Gasteiger partial charge in [0.1, 0.15) is 6.04 Å². The maximum absolute atomic E-state index is 13.3. The highest BCUT2D eigenvalue weighted by molar-refractivity contribution is 5.97. The van der Waals surface area contributed by atoms with Gasteiger partial charge in [0.15, 0.2) is 11.6 Å². The van der Waals surface area contributed by atoms with E-state index in [-0.39, 0.29) is 5.91 Å². The molecule has 0 spiro atoms. The quantitative estimate of drug-likeness (QED) is 0.884. The molecule has 2 aromatic rings. The fraction of sp³-hybridized carbons (Fsp3) is 0.222. The number of hydrogen-bond donors (Lipinski definition) is 2. The molecule has 6 heteroatoms. The Morgan fingerprint density at radius 2 is 1.58 bits per heavy atom. The summed E-state index contributed by atoms with van der Waals surface area (Å²) >= 11 is 0. The van der Waals surface area contributed by atoms with Crippen LogP contribution in [0.25, 0.3) is 0 Å². The lowest BCUT2D eigenvalue weighted by Gasteiger charge is -2.19. The van der Waals surface area contributed by atoms with Gasteiger partial charge in [0.25, 0.3) is 5.91 Å². The number of benzene rings is 2. The van der Waals surface area contributed by atoms with Gasteiger partial charge >= 0.3 is 0 Å². The molecule has 0 saturated carbocycles. The minimum Gasteiger partial charge on any atom is -0.348 e. The number of amides is 2. The summed E-state index contributed by atoms with van der Waals surface area (Å²) in [6.45, 7) is 3.20. The number of nitrogens with one attached hydrogen (secondary N) is 2. The van der Waals surface area contributed by atoms with E-state index in [2.05, 4.69) is 10.6 Å². The van der Waals surface area contributed by atoms with Gasteiger partial charge in [0.05, 0.1) is 6.04 Å². The standard InChI is InChI=1S/C18H18F2N2O2/c1-11(14-8-9-15(19)16(20)10-14)21-17(23)12(2)22-18(24)13-6-4-3-5-7-13/h3-12H,1-2H3,(H,21,23)(H,22,24)/t11-,12+/m1/s1. The Labute approximate surface area is 138 Å². The smallest absolute Gasteiger partial charge is 0.251 e. The van der Waals surface area contributed by atoms with Crippen molar-refractivity contribution in [3.63, 3.8) is 0 Å². The molecule has 2 aromatic carbocycles. The third-order valence-corrected chi connectivity index (χ3v) is 3.58. The zero-order valence-corrected chi connectivity index (χ0v) is 13.3. The zero-order valence-electron chi connectivity index (χ0n) is 13.3. The molecule has 0 saturated heterocycles. The summed E-state index contributed by atoms with van der Waals surface area (Å²) in [4.78, 5) is 24.2. The number of carbonyl (C=O) groups is 2. The number of halogens is 2. The molecule has 2 atom stereocenters. The lowest BCUT2D eigenvalue weighted by Crippen LogP contribution is -2.45. The van der Waals surface area contributed by atoms with Gasteiger partial charge in [0, 0.05) is 5.56 Å². The van der Waals surface area contributed by atoms with Crippen molar-refractivity contribution >= 4 is 11.8 Å². The van der Waals surface area contributed by atoms with E-state index in [1.807, 2.05) is 0 Å². The van der Waals surface area contributed by atoms with E-state index < -0.39 is 29.6 Å². The largest absolute Gasteiger partial charge is 0.348 e. The van der Waals surface area contributed by atoms with Crippen LogP contribution in [0.2, 0.25) is 0 Å². The molecule has 24 heavy (non-hydrogen) atoms. The second-order valence-electron chi connectivity index (χ2n) is 5.46. The molecule has 0 aliphatic heterocycles. The Morgan fingerprint density at radius 1 is 0.917 bits per heavy atom. The fourth-order valence-electron chi connectivity index (χ4n) is 2.14. The summed E-state index contributed by atoms with van der Waals surface area (Å²) < 4.78 is 26.2. The molecule has 0 fully saturated rings. The fourth-order valence-corrected chi connectivity index (χ4v) is 2.14. The lowest BCUT2D eigenvalue weighted by atomic mass is 10.1. The van der Waals surface area contributed by atoms with Crippen LogP contribution in [0.4, 0.5) is 8.78 Å². The van der Waals surface area contributed by atoms with E-state index in [4.69, 9.17) is 0 Å². The average molecular weight is 332 g/mol. The number of rotatable bonds is 5.